The minimum Gasteiger partial charge on any atom is -0.309 e. The highest BCUT2D eigenvalue weighted by molar-refractivity contribution is 6.20. The van der Waals surface area contributed by atoms with Crippen molar-refractivity contribution in [2.45, 2.75) is 0 Å². The molecule has 0 aliphatic rings. The van der Waals surface area contributed by atoms with E-state index in [2.05, 4.69) is 118 Å². The number of nitrogens with zero attached hydrogens (tertiary/aromatic N) is 6. The van der Waals surface area contributed by atoms with E-state index in [-0.39, 0.29) is 0 Å². The summed E-state index contributed by atoms with van der Waals surface area (Å²) in [5, 5.41) is 5.92. The van der Waals surface area contributed by atoms with Gasteiger partial charge < -0.3 is 4.57 Å². The molecule has 0 unspecified atom stereocenters. The molecule has 0 saturated heterocycles. The number of fused-ring (bicyclic) bond motifs is 11. The molecule has 11 rings (SSSR count). The van der Waals surface area contributed by atoms with Gasteiger partial charge in [0, 0.05) is 43.9 Å². The van der Waals surface area contributed by atoms with Crippen molar-refractivity contribution in [2.24, 2.45) is 0 Å². The van der Waals surface area contributed by atoms with Crippen molar-refractivity contribution >= 4 is 60.2 Å². The molecule has 242 valence electrons. The molecule has 0 aliphatic carbocycles. The third kappa shape index (κ3) is 4.31. The van der Waals surface area contributed by atoms with Crippen LogP contribution in [0.2, 0.25) is 0 Å². The molecule has 0 N–H and O–H groups in total. The Morgan fingerprint density at radius 1 is 0.327 bits per heavy atom. The van der Waals surface area contributed by atoms with Crippen molar-refractivity contribution in [1.82, 2.24) is 28.9 Å². The maximum Gasteiger partial charge on any atom is 0.164 e. The topological polar surface area (TPSA) is 60.9 Å². The van der Waals surface area contributed by atoms with E-state index < -0.39 is 0 Å². The van der Waals surface area contributed by atoms with Crippen LogP contribution in [0, 0.1) is 0 Å². The standard InChI is InChI=1S/C46H28N6/c1-3-14-29(15-4-1)43-48-44(30-16-5-2-6-17-30)50-45(49-43)31-18-13-19-32(26-31)51-39-24-11-9-21-34(39)37-27-36-33-20-7-8-22-35(33)46-47-38-23-10-12-25-40(38)52(46)42(36)28-41(37)51/h1-28H. The lowest BCUT2D eigenvalue weighted by Gasteiger charge is -2.13. The average molecular weight is 665 g/mol. The van der Waals surface area contributed by atoms with E-state index in [4.69, 9.17) is 19.9 Å². The molecule has 4 aromatic heterocycles. The molecule has 11 aromatic rings. The molecule has 0 saturated carbocycles. The highest BCUT2D eigenvalue weighted by atomic mass is 15.0. The molecule has 0 fully saturated rings. The highest BCUT2D eigenvalue weighted by Gasteiger charge is 2.19. The normalized spacial score (nSPS) is 11.8. The minimum atomic E-state index is 0.624. The molecule has 4 heterocycles. The summed E-state index contributed by atoms with van der Waals surface area (Å²) in [7, 11) is 0. The van der Waals surface area contributed by atoms with Crippen molar-refractivity contribution in [3.05, 3.63) is 170 Å². The van der Waals surface area contributed by atoms with E-state index >= 15 is 0 Å². The second kappa shape index (κ2) is 11.2. The third-order valence-electron chi connectivity index (χ3n) is 10.1. The Morgan fingerprint density at radius 3 is 1.62 bits per heavy atom. The highest BCUT2D eigenvalue weighted by Crippen LogP contribution is 2.39. The van der Waals surface area contributed by atoms with Crippen LogP contribution >= 0.6 is 0 Å². The number of aromatic nitrogens is 6. The second-order valence-corrected chi connectivity index (χ2v) is 13.1. The Hall–Kier alpha value is -7.18. The van der Waals surface area contributed by atoms with Crippen molar-refractivity contribution in [1.29, 1.82) is 0 Å². The number of rotatable bonds is 4. The van der Waals surface area contributed by atoms with Crippen LogP contribution in [0.4, 0.5) is 0 Å². The van der Waals surface area contributed by atoms with E-state index in [1.54, 1.807) is 0 Å². The molecule has 0 atom stereocenters. The quantitative estimate of drug-likeness (QED) is 0.176. The predicted molar refractivity (Wildman–Crippen MR) is 212 cm³/mol. The van der Waals surface area contributed by atoms with E-state index in [9.17, 15) is 0 Å². The largest absolute Gasteiger partial charge is 0.309 e. The zero-order chi connectivity index (χ0) is 34.2. The number of benzene rings is 7. The first-order chi connectivity index (χ1) is 25.8. The van der Waals surface area contributed by atoms with Gasteiger partial charge in [0.1, 0.15) is 5.65 Å². The van der Waals surface area contributed by atoms with Crippen LogP contribution < -0.4 is 0 Å². The molecule has 0 amide bonds. The summed E-state index contributed by atoms with van der Waals surface area (Å²) in [5.74, 6) is 1.91. The van der Waals surface area contributed by atoms with Gasteiger partial charge in [0.2, 0.25) is 0 Å². The van der Waals surface area contributed by atoms with Crippen LogP contribution in [0.15, 0.2) is 170 Å². The van der Waals surface area contributed by atoms with E-state index in [1.807, 2.05) is 60.7 Å². The van der Waals surface area contributed by atoms with Crippen molar-refractivity contribution < 1.29 is 0 Å². The Labute approximate surface area is 297 Å². The predicted octanol–water partition coefficient (Wildman–Crippen LogP) is 11.1. The zero-order valence-electron chi connectivity index (χ0n) is 27.8. The lowest BCUT2D eigenvalue weighted by Crippen LogP contribution is -2.01. The van der Waals surface area contributed by atoms with E-state index in [0.717, 1.165) is 61.0 Å². The van der Waals surface area contributed by atoms with E-state index in [0.29, 0.717) is 17.5 Å². The number of imidazole rings is 1. The van der Waals surface area contributed by atoms with Gasteiger partial charge in [0.05, 0.1) is 27.6 Å². The van der Waals surface area contributed by atoms with Gasteiger partial charge in [-0.15, -0.1) is 0 Å². The molecule has 0 spiro atoms. The van der Waals surface area contributed by atoms with Gasteiger partial charge in [-0.3, -0.25) is 4.40 Å². The molecule has 52 heavy (non-hydrogen) atoms. The first kappa shape index (κ1) is 28.6. The van der Waals surface area contributed by atoms with E-state index in [1.165, 1.54) is 21.5 Å². The smallest absolute Gasteiger partial charge is 0.164 e. The summed E-state index contributed by atoms with van der Waals surface area (Å²) in [6, 6.07) is 59.1. The molecule has 0 bridgehead atoms. The van der Waals surface area contributed by atoms with Gasteiger partial charge in [-0.05, 0) is 47.9 Å². The van der Waals surface area contributed by atoms with Gasteiger partial charge in [0.15, 0.2) is 17.5 Å². The summed E-state index contributed by atoms with van der Waals surface area (Å²) in [6.07, 6.45) is 0. The lowest BCUT2D eigenvalue weighted by molar-refractivity contribution is 1.07. The van der Waals surface area contributed by atoms with Gasteiger partial charge in [0.25, 0.3) is 0 Å². The monoisotopic (exact) mass is 664 g/mol. The van der Waals surface area contributed by atoms with Crippen molar-refractivity contribution in [3.8, 4) is 39.9 Å². The van der Waals surface area contributed by atoms with Crippen LogP contribution in [-0.2, 0) is 0 Å². The van der Waals surface area contributed by atoms with Crippen molar-refractivity contribution in [2.75, 3.05) is 0 Å². The molecule has 6 heteroatoms. The molecule has 7 aromatic carbocycles. The number of hydrogen-bond donors (Lipinski definition) is 0. The second-order valence-electron chi connectivity index (χ2n) is 13.1. The fraction of sp³-hybridized carbons (Fsp3) is 0. The first-order valence-corrected chi connectivity index (χ1v) is 17.4. The van der Waals surface area contributed by atoms with Gasteiger partial charge in [-0.1, -0.05) is 127 Å². The van der Waals surface area contributed by atoms with Crippen LogP contribution in [0.1, 0.15) is 0 Å². The number of pyridine rings is 1. The summed E-state index contributed by atoms with van der Waals surface area (Å²) in [5.41, 5.74) is 10.2. The zero-order valence-corrected chi connectivity index (χ0v) is 27.8. The maximum absolute atomic E-state index is 5.14. The van der Waals surface area contributed by atoms with Gasteiger partial charge in [-0.25, -0.2) is 19.9 Å². The average Bonchev–Trinajstić information content (AvgIpc) is 3.77. The summed E-state index contributed by atoms with van der Waals surface area (Å²) in [6.45, 7) is 0. The van der Waals surface area contributed by atoms with Crippen LogP contribution in [0.25, 0.3) is 100 Å². The fourth-order valence-corrected chi connectivity index (χ4v) is 7.77. The van der Waals surface area contributed by atoms with Gasteiger partial charge in [-0.2, -0.15) is 0 Å². The van der Waals surface area contributed by atoms with Crippen LogP contribution in [0.5, 0.6) is 0 Å². The Bertz CT molecular complexity index is 3120. The SMILES string of the molecule is c1ccc(-c2nc(-c3ccccc3)nc(-c3cccc(-n4c5ccccc5c5cc6c7ccccc7c7nc8ccccc8n7c6cc54)c3)n2)cc1. The summed E-state index contributed by atoms with van der Waals surface area (Å²) < 4.78 is 4.69. The molecule has 0 aliphatic heterocycles. The van der Waals surface area contributed by atoms with Crippen LogP contribution in [0.3, 0.4) is 0 Å². The summed E-state index contributed by atoms with van der Waals surface area (Å²) in [4.78, 5) is 20.1. The Balaban J connectivity index is 1.19. The molecular weight excluding hydrogens is 637 g/mol. The molecule has 0 radical (unpaired) electrons. The minimum absolute atomic E-state index is 0.624. The fourth-order valence-electron chi connectivity index (χ4n) is 7.77. The third-order valence-corrected chi connectivity index (χ3v) is 10.1. The Morgan fingerprint density at radius 2 is 0.885 bits per heavy atom. The number of hydrogen-bond acceptors (Lipinski definition) is 4. The van der Waals surface area contributed by atoms with Crippen molar-refractivity contribution in [3.63, 3.8) is 0 Å². The van der Waals surface area contributed by atoms with Gasteiger partial charge >= 0.3 is 0 Å². The number of para-hydroxylation sites is 3. The maximum atomic E-state index is 5.14. The van der Waals surface area contributed by atoms with Crippen LogP contribution in [-0.4, -0.2) is 28.9 Å². The molecule has 6 nitrogen and oxygen atoms in total. The summed E-state index contributed by atoms with van der Waals surface area (Å²) >= 11 is 0. The first-order valence-electron chi connectivity index (χ1n) is 17.4. The molecular formula is C46H28N6. The lowest BCUT2D eigenvalue weighted by atomic mass is 10.0. The Kier molecular flexibility index (Phi) is 6.15.